The largest absolute Gasteiger partial charge is 0.465 e. The Labute approximate surface area is 75.5 Å². The van der Waals surface area contributed by atoms with Crippen molar-refractivity contribution in [3.63, 3.8) is 0 Å². The molecule has 0 saturated carbocycles. The van der Waals surface area contributed by atoms with Crippen LogP contribution in [-0.2, 0) is 10.0 Å². The van der Waals surface area contributed by atoms with E-state index in [-0.39, 0.29) is 13.1 Å². The van der Waals surface area contributed by atoms with Gasteiger partial charge in [-0.2, -0.15) is 4.83 Å². The first-order valence-corrected chi connectivity index (χ1v) is 5.21. The number of sulfonamides is 1. The highest BCUT2D eigenvalue weighted by Gasteiger charge is 2.34. The van der Waals surface area contributed by atoms with Crippen molar-refractivity contribution in [1.29, 1.82) is 0 Å². The lowest BCUT2D eigenvalue weighted by Gasteiger charge is -2.11. The SMILES string of the molecule is NNS(=O)(=O)[C@H]1CCN(C(=O)O)C1. The van der Waals surface area contributed by atoms with Gasteiger partial charge in [-0.1, -0.05) is 0 Å². The van der Waals surface area contributed by atoms with Crippen LogP contribution in [0.15, 0.2) is 0 Å². The number of hydrogen-bond acceptors (Lipinski definition) is 4. The van der Waals surface area contributed by atoms with E-state index in [4.69, 9.17) is 10.9 Å². The lowest BCUT2D eigenvalue weighted by molar-refractivity contribution is 0.156. The van der Waals surface area contributed by atoms with Gasteiger partial charge in [0.2, 0.25) is 10.0 Å². The molecule has 0 aromatic carbocycles. The van der Waals surface area contributed by atoms with Crippen molar-refractivity contribution in [2.75, 3.05) is 13.1 Å². The minimum Gasteiger partial charge on any atom is -0.465 e. The summed E-state index contributed by atoms with van der Waals surface area (Å²) in [5.41, 5.74) is 0. The van der Waals surface area contributed by atoms with Gasteiger partial charge in [0.15, 0.2) is 0 Å². The van der Waals surface area contributed by atoms with E-state index in [1.165, 1.54) is 0 Å². The van der Waals surface area contributed by atoms with Crippen LogP contribution >= 0.6 is 0 Å². The van der Waals surface area contributed by atoms with Gasteiger partial charge < -0.3 is 10.0 Å². The molecule has 1 heterocycles. The van der Waals surface area contributed by atoms with Crippen LogP contribution in [-0.4, -0.2) is 42.9 Å². The van der Waals surface area contributed by atoms with Gasteiger partial charge in [0.1, 0.15) is 0 Å². The number of hydrazine groups is 1. The Balaban J connectivity index is 2.65. The summed E-state index contributed by atoms with van der Waals surface area (Å²) in [6, 6.07) is 0. The minimum absolute atomic E-state index is 0.0120. The first kappa shape index (κ1) is 10.2. The topological polar surface area (TPSA) is 113 Å². The summed E-state index contributed by atoms with van der Waals surface area (Å²) in [7, 11) is -3.54. The van der Waals surface area contributed by atoms with Gasteiger partial charge >= 0.3 is 6.09 Å². The zero-order valence-electron chi connectivity index (χ0n) is 6.80. The molecule has 1 atom stereocenters. The van der Waals surface area contributed by atoms with Gasteiger partial charge in [-0.3, -0.25) is 5.84 Å². The Morgan fingerprint density at radius 2 is 2.23 bits per heavy atom. The molecule has 0 aromatic rings. The standard InChI is InChI=1S/C5H11N3O4S/c6-7-13(11,12)4-1-2-8(3-4)5(9)10/h4,7H,1-3,6H2,(H,9,10)/t4-/m0/s1. The molecule has 1 aliphatic heterocycles. The number of carboxylic acid groups (broad SMARTS) is 1. The molecule has 0 spiro atoms. The monoisotopic (exact) mass is 209 g/mol. The fourth-order valence-electron chi connectivity index (χ4n) is 1.25. The summed E-state index contributed by atoms with van der Waals surface area (Å²) in [5, 5.41) is 7.82. The summed E-state index contributed by atoms with van der Waals surface area (Å²) in [5.74, 6) is 4.80. The van der Waals surface area contributed by atoms with Crippen LogP contribution in [0.25, 0.3) is 0 Å². The molecule has 1 amide bonds. The van der Waals surface area contributed by atoms with E-state index in [9.17, 15) is 13.2 Å². The van der Waals surface area contributed by atoms with Crippen molar-refractivity contribution in [2.45, 2.75) is 11.7 Å². The van der Waals surface area contributed by atoms with Gasteiger partial charge in [0, 0.05) is 13.1 Å². The number of rotatable bonds is 2. The van der Waals surface area contributed by atoms with E-state index < -0.39 is 21.4 Å². The smallest absolute Gasteiger partial charge is 0.407 e. The maximum Gasteiger partial charge on any atom is 0.407 e. The molecule has 1 rings (SSSR count). The van der Waals surface area contributed by atoms with E-state index in [1.807, 2.05) is 0 Å². The maximum atomic E-state index is 11.1. The number of carbonyl (C=O) groups is 1. The highest BCUT2D eigenvalue weighted by Crippen LogP contribution is 2.15. The predicted molar refractivity (Wildman–Crippen MR) is 44.2 cm³/mol. The Morgan fingerprint density at radius 1 is 1.62 bits per heavy atom. The van der Waals surface area contributed by atoms with Crippen LogP contribution in [0.3, 0.4) is 0 Å². The van der Waals surface area contributed by atoms with Crippen LogP contribution in [0.5, 0.6) is 0 Å². The van der Waals surface area contributed by atoms with E-state index in [2.05, 4.69) is 0 Å². The Kier molecular flexibility index (Phi) is 2.74. The van der Waals surface area contributed by atoms with Crippen LogP contribution in [0.4, 0.5) is 4.79 Å². The normalized spacial score (nSPS) is 23.5. The number of nitrogens with one attached hydrogen (secondary N) is 1. The second-order valence-electron chi connectivity index (χ2n) is 2.80. The van der Waals surface area contributed by atoms with E-state index in [1.54, 1.807) is 4.83 Å². The number of hydrogen-bond donors (Lipinski definition) is 3. The molecule has 0 aliphatic carbocycles. The minimum atomic E-state index is -3.54. The lowest BCUT2D eigenvalue weighted by Crippen LogP contribution is -2.40. The van der Waals surface area contributed by atoms with Crippen molar-refractivity contribution in [1.82, 2.24) is 9.73 Å². The third-order valence-electron chi connectivity index (χ3n) is 2.02. The van der Waals surface area contributed by atoms with E-state index in [0.717, 1.165) is 4.90 Å². The van der Waals surface area contributed by atoms with Crippen LogP contribution < -0.4 is 10.7 Å². The quantitative estimate of drug-likeness (QED) is 0.379. The van der Waals surface area contributed by atoms with Crippen LogP contribution in [0.2, 0.25) is 0 Å². The van der Waals surface area contributed by atoms with Crippen molar-refractivity contribution < 1.29 is 18.3 Å². The fraction of sp³-hybridized carbons (Fsp3) is 0.800. The average molecular weight is 209 g/mol. The summed E-state index contributed by atoms with van der Waals surface area (Å²) < 4.78 is 22.2. The highest BCUT2D eigenvalue weighted by molar-refractivity contribution is 7.90. The van der Waals surface area contributed by atoms with E-state index >= 15 is 0 Å². The summed E-state index contributed by atoms with van der Waals surface area (Å²) in [6.45, 7) is 0.225. The molecule has 0 aromatic heterocycles. The number of amides is 1. The van der Waals surface area contributed by atoms with Gasteiger partial charge in [-0.15, -0.1) is 0 Å². The second kappa shape index (κ2) is 3.48. The third-order valence-corrected chi connectivity index (χ3v) is 3.61. The van der Waals surface area contributed by atoms with Crippen molar-refractivity contribution in [3.8, 4) is 0 Å². The van der Waals surface area contributed by atoms with Gasteiger partial charge in [0.05, 0.1) is 5.25 Å². The molecular formula is C5H11N3O4S. The highest BCUT2D eigenvalue weighted by atomic mass is 32.2. The zero-order valence-corrected chi connectivity index (χ0v) is 7.62. The zero-order chi connectivity index (χ0) is 10.1. The molecule has 76 valence electrons. The lowest BCUT2D eigenvalue weighted by atomic mass is 10.4. The molecule has 0 radical (unpaired) electrons. The third kappa shape index (κ3) is 2.08. The summed E-state index contributed by atoms with van der Waals surface area (Å²) >= 11 is 0. The Morgan fingerprint density at radius 3 is 2.62 bits per heavy atom. The molecule has 0 bridgehead atoms. The van der Waals surface area contributed by atoms with Crippen LogP contribution in [0.1, 0.15) is 6.42 Å². The first-order valence-electron chi connectivity index (χ1n) is 3.66. The second-order valence-corrected chi connectivity index (χ2v) is 4.79. The first-order chi connectivity index (χ1) is 5.97. The molecule has 13 heavy (non-hydrogen) atoms. The summed E-state index contributed by atoms with van der Waals surface area (Å²) in [6.07, 6.45) is -0.812. The van der Waals surface area contributed by atoms with Gasteiger partial charge in [0.25, 0.3) is 0 Å². The van der Waals surface area contributed by atoms with Crippen molar-refractivity contribution in [3.05, 3.63) is 0 Å². The average Bonchev–Trinajstić information content (AvgIpc) is 2.52. The summed E-state index contributed by atoms with van der Waals surface area (Å²) in [4.78, 5) is 13.2. The predicted octanol–water partition coefficient (Wildman–Crippen LogP) is -1.47. The molecular weight excluding hydrogens is 198 g/mol. The Bertz CT molecular complexity index is 301. The Hall–Kier alpha value is -0.860. The molecule has 1 fully saturated rings. The molecule has 1 saturated heterocycles. The number of likely N-dealkylation sites (tertiary alicyclic amines) is 1. The van der Waals surface area contributed by atoms with Crippen molar-refractivity contribution >= 4 is 16.1 Å². The molecule has 1 aliphatic rings. The molecule has 7 nitrogen and oxygen atoms in total. The number of nitrogens with two attached hydrogens (primary N) is 1. The molecule has 8 heteroatoms. The van der Waals surface area contributed by atoms with Gasteiger partial charge in [-0.05, 0) is 6.42 Å². The molecule has 0 unspecified atom stereocenters. The maximum absolute atomic E-state index is 11.1. The van der Waals surface area contributed by atoms with Crippen LogP contribution in [0, 0.1) is 0 Å². The van der Waals surface area contributed by atoms with Gasteiger partial charge in [-0.25, -0.2) is 13.2 Å². The van der Waals surface area contributed by atoms with Crippen molar-refractivity contribution in [2.24, 2.45) is 5.84 Å². The molecule has 4 N–H and O–H groups in total. The number of nitrogens with zero attached hydrogens (tertiary/aromatic N) is 1. The fourth-order valence-corrected chi connectivity index (χ4v) is 2.24. The van der Waals surface area contributed by atoms with E-state index in [0.29, 0.717) is 6.42 Å².